The minimum absolute atomic E-state index is 0.720. The molecule has 17 heavy (non-hydrogen) atoms. The number of ether oxygens (including phenoxy) is 2. The van der Waals surface area contributed by atoms with E-state index in [1.165, 1.54) is 23.3 Å². The fraction of sp³-hybridized carbons (Fsp3) is 0.538. The molecule has 3 nitrogen and oxygen atoms in total. The van der Waals surface area contributed by atoms with Crippen molar-refractivity contribution in [2.45, 2.75) is 30.3 Å². The van der Waals surface area contributed by atoms with Gasteiger partial charge in [0.1, 0.15) is 0 Å². The van der Waals surface area contributed by atoms with Gasteiger partial charge in [-0.3, -0.25) is 0 Å². The lowest BCUT2D eigenvalue weighted by molar-refractivity contribution is 0.353. The molecular formula is C13H19NO2S. The molecule has 2 rings (SSSR count). The van der Waals surface area contributed by atoms with Gasteiger partial charge in [-0.15, -0.1) is 11.8 Å². The van der Waals surface area contributed by atoms with E-state index in [1.807, 2.05) is 6.07 Å². The molecule has 1 aromatic rings. The van der Waals surface area contributed by atoms with E-state index in [9.17, 15) is 0 Å². The molecule has 0 atom stereocenters. The highest BCUT2D eigenvalue weighted by atomic mass is 32.2. The van der Waals surface area contributed by atoms with Gasteiger partial charge in [0.05, 0.1) is 14.2 Å². The Labute approximate surface area is 107 Å². The van der Waals surface area contributed by atoms with Gasteiger partial charge in [0, 0.05) is 17.5 Å². The van der Waals surface area contributed by atoms with E-state index in [0.717, 1.165) is 24.1 Å². The topological polar surface area (TPSA) is 30.5 Å². The van der Waals surface area contributed by atoms with Crippen LogP contribution in [-0.2, 0) is 6.54 Å². The van der Waals surface area contributed by atoms with Crippen molar-refractivity contribution in [3.05, 3.63) is 17.7 Å². The third-order valence-corrected chi connectivity index (χ3v) is 3.76. The van der Waals surface area contributed by atoms with Crippen molar-refractivity contribution in [2.75, 3.05) is 20.5 Å². The Morgan fingerprint density at radius 3 is 2.41 bits per heavy atom. The van der Waals surface area contributed by atoms with Crippen LogP contribution < -0.4 is 14.8 Å². The summed E-state index contributed by atoms with van der Waals surface area (Å²) in [6.07, 6.45) is 4.70. The van der Waals surface area contributed by atoms with Crippen LogP contribution in [0.3, 0.4) is 0 Å². The van der Waals surface area contributed by atoms with Gasteiger partial charge in [-0.1, -0.05) is 0 Å². The molecule has 1 aromatic carbocycles. The van der Waals surface area contributed by atoms with Gasteiger partial charge in [-0.2, -0.15) is 0 Å². The standard InChI is InChI=1S/C13H19NO2S/c1-15-11-6-9(8-14-10-4-5-10)13(17-3)7-12(11)16-2/h6-7,10,14H,4-5,8H2,1-3H3. The van der Waals surface area contributed by atoms with Crippen LogP contribution >= 0.6 is 11.8 Å². The van der Waals surface area contributed by atoms with Gasteiger partial charge in [0.25, 0.3) is 0 Å². The highest BCUT2D eigenvalue weighted by molar-refractivity contribution is 7.98. The van der Waals surface area contributed by atoms with E-state index in [1.54, 1.807) is 26.0 Å². The first-order valence-electron chi connectivity index (χ1n) is 5.80. The maximum atomic E-state index is 5.34. The van der Waals surface area contributed by atoms with E-state index in [4.69, 9.17) is 9.47 Å². The maximum Gasteiger partial charge on any atom is 0.161 e. The number of hydrogen-bond acceptors (Lipinski definition) is 4. The van der Waals surface area contributed by atoms with Crippen molar-refractivity contribution in [3.63, 3.8) is 0 Å². The number of thioether (sulfide) groups is 1. The summed E-state index contributed by atoms with van der Waals surface area (Å²) in [5.74, 6) is 1.60. The van der Waals surface area contributed by atoms with E-state index in [-0.39, 0.29) is 0 Å². The zero-order valence-electron chi connectivity index (χ0n) is 10.6. The average Bonchev–Trinajstić information content (AvgIpc) is 3.19. The SMILES string of the molecule is COc1cc(CNC2CC2)c(SC)cc1OC. The molecule has 0 aliphatic heterocycles. The molecular weight excluding hydrogens is 234 g/mol. The van der Waals surface area contributed by atoms with Gasteiger partial charge < -0.3 is 14.8 Å². The summed E-state index contributed by atoms with van der Waals surface area (Å²) in [4.78, 5) is 1.25. The highest BCUT2D eigenvalue weighted by Crippen LogP contribution is 2.34. The van der Waals surface area contributed by atoms with Gasteiger partial charge in [-0.05, 0) is 36.8 Å². The Kier molecular flexibility index (Phi) is 4.18. The van der Waals surface area contributed by atoms with Crippen molar-refractivity contribution < 1.29 is 9.47 Å². The molecule has 0 spiro atoms. The van der Waals surface area contributed by atoms with Crippen LogP contribution in [0, 0.1) is 0 Å². The number of benzene rings is 1. The second kappa shape index (κ2) is 5.65. The van der Waals surface area contributed by atoms with Crippen molar-refractivity contribution >= 4 is 11.8 Å². The minimum atomic E-state index is 0.720. The number of hydrogen-bond donors (Lipinski definition) is 1. The van der Waals surface area contributed by atoms with Gasteiger partial charge in [-0.25, -0.2) is 0 Å². The van der Waals surface area contributed by atoms with Crippen LogP contribution in [0.2, 0.25) is 0 Å². The molecule has 0 aromatic heterocycles. The molecule has 0 bridgehead atoms. The third-order valence-electron chi connectivity index (χ3n) is 2.95. The zero-order chi connectivity index (χ0) is 12.3. The lowest BCUT2D eigenvalue weighted by Gasteiger charge is -2.14. The second-order valence-corrected chi connectivity index (χ2v) is 5.02. The Balaban J connectivity index is 2.20. The smallest absolute Gasteiger partial charge is 0.161 e. The lowest BCUT2D eigenvalue weighted by atomic mass is 10.2. The van der Waals surface area contributed by atoms with E-state index >= 15 is 0 Å². The fourth-order valence-corrected chi connectivity index (χ4v) is 2.39. The first kappa shape index (κ1) is 12.6. The molecule has 0 radical (unpaired) electrons. The van der Waals surface area contributed by atoms with Crippen molar-refractivity contribution in [1.82, 2.24) is 5.32 Å². The van der Waals surface area contributed by atoms with Crippen LogP contribution in [0.1, 0.15) is 18.4 Å². The summed E-state index contributed by atoms with van der Waals surface area (Å²) >= 11 is 1.74. The molecule has 4 heteroatoms. The van der Waals surface area contributed by atoms with Crippen molar-refractivity contribution in [2.24, 2.45) is 0 Å². The first-order valence-corrected chi connectivity index (χ1v) is 7.03. The Morgan fingerprint density at radius 2 is 1.88 bits per heavy atom. The Bertz CT molecular complexity index is 391. The molecule has 1 N–H and O–H groups in total. The van der Waals surface area contributed by atoms with Crippen molar-refractivity contribution in [3.8, 4) is 11.5 Å². The summed E-state index contributed by atoms with van der Waals surface area (Å²) < 4.78 is 10.6. The molecule has 0 amide bonds. The van der Waals surface area contributed by atoms with Crippen LogP contribution in [0.5, 0.6) is 11.5 Å². The molecule has 0 saturated heterocycles. The maximum absolute atomic E-state index is 5.34. The lowest BCUT2D eigenvalue weighted by Crippen LogP contribution is -2.16. The molecule has 94 valence electrons. The number of methoxy groups -OCH3 is 2. The molecule has 1 saturated carbocycles. The van der Waals surface area contributed by atoms with Crippen LogP contribution in [0.25, 0.3) is 0 Å². The summed E-state index contributed by atoms with van der Waals surface area (Å²) in [7, 11) is 3.35. The molecule has 1 aliphatic carbocycles. The largest absolute Gasteiger partial charge is 0.493 e. The summed E-state index contributed by atoms with van der Waals surface area (Å²) in [6, 6.07) is 4.84. The summed E-state index contributed by atoms with van der Waals surface area (Å²) in [6.45, 7) is 0.904. The number of rotatable bonds is 6. The van der Waals surface area contributed by atoms with E-state index in [0.29, 0.717) is 0 Å². The first-order chi connectivity index (χ1) is 8.28. The van der Waals surface area contributed by atoms with E-state index < -0.39 is 0 Å². The molecule has 1 fully saturated rings. The summed E-state index contributed by atoms with van der Waals surface area (Å²) in [5, 5.41) is 3.53. The Hall–Kier alpha value is -0.870. The third kappa shape index (κ3) is 3.07. The fourth-order valence-electron chi connectivity index (χ4n) is 1.77. The highest BCUT2D eigenvalue weighted by Gasteiger charge is 2.21. The number of nitrogens with one attached hydrogen (secondary N) is 1. The molecule has 0 heterocycles. The van der Waals surface area contributed by atoms with Crippen LogP contribution in [-0.4, -0.2) is 26.5 Å². The van der Waals surface area contributed by atoms with Gasteiger partial charge in [0.2, 0.25) is 0 Å². The van der Waals surface area contributed by atoms with E-state index in [2.05, 4.69) is 17.6 Å². The minimum Gasteiger partial charge on any atom is -0.493 e. The van der Waals surface area contributed by atoms with Crippen molar-refractivity contribution in [1.29, 1.82) is 0 Å². The quantitative estimate of drug-likeness (QED) is 0.790. The molecule has 1 aliphatic rings. The zero-order valence-corrected chi connectivity index (χ0v) is 11.4. The predicted octanol–water partition coefficient (Wildman–Crippen LogP) is 2.68. The Morgan fingerprint density at radius 1 is 1.24 bits per heavy atom. The monoisotopic (exact) mass is 253 g/mol. The normalized spacial score (nSPS) is 14.8. The van der Waals surface area contributed by atoms with Gasteiger partial charge in [0.15, 0.2) is 11.5 Å². The summed E-state index contributed by atoms with van der Waals surface area (Å²) in [5.41, 5.74) is 1.28. The second-order valence-electron chi connectivity index (χ2n) is 4.17. The predicted molar refractivity (Wildman–Crippen MR) is 71.2 cm³/mol. The average molecular weight is 253 g/mol. The van der Waals surface area contributed by atoms with Gasteiger partial charge >= 0.3 is 0 Å². The van der Waals surface area contributed by atoms with Crippen LogP contribution in [0.4, 0.5) is 0 Å². The molecule has 0 unspecified atom stereocenters. The van der Waals surface area contributed by atoms with Crippen LogP contribution in [0.15, 0.2) is 17.0 Å².